The molecular weight excluding hydrogens is 214 g/mol. The quantitative estimate of drug-likeness (QED) is 0.868. The molecule has 0 aliphatic carbocycles. The Morgan fingerprint density at radius 3 is 2.44 bits per heavy atom. The Morgan fingerprint density at radius 1 is 1.12 bits per heavy atom. The van der Waals surface area contributed by atoms with Crippen molar-refractivity contribution in [2.45, 2.75) is 6.42 Å². The molecule has 0 atom stereocenters. The minimum absolute atomic E-state index is 0.351. The van der Waals surface area contributed by atoms with Crippen LogP contribution in [0.25, 0.3) is 11.3 Å². The Balaban J connectivity index is 2.34. The molecule has 2 rings (SSSR count). The first-order valence-electron chi connectivity index (χ1n) is 4.81. The van der Waals surface area contributed by atoms with Crippen molar-refractivity contribution in [3.05, 3.63) is 41.7 Å². The molecule has 84 valence electrons. The van der Waals surface area contributed by atoms with Crippen molar-refractivity contribution in [1.82, 2.24) is 5.16 Å². The molecule has 0 saturated carbocycles. The van der Waals surface area contributed by atoms with Gasteiger partial charge in [0, 0.05) is 24.1 Å². The van der Waals surface area contributed by atoms with E-state index in [1.165, 1.54) is 12.1 Å². The van der Waals surface area contributed by atoms with Crippen LogP contribution in [0.3, 0.4) is 0 Å². The summed E-state index contributed by atoms with van der Waals surface area (Å²) in [7, 11) is 0. The molecule has 0 aliphatic heterocycles. The predicted molar refractivity (Wildman–Crippen MR) is 54.6 cm³/mol. The Bertz CT molecular complexity index is 476. The lowest BCUT2D eigenvalue weighted by molar-refractivity contribution is 0.386. The molecule has 5 heteroatoms. The van der Waals surface area contributed by atoms with Crippen molar-refractivity contribution >= 4 is 0 Å². The first-order chi connectivity index (χ1) is 7.69. The van der Waals surface area contributed by atoms with E-state index in [2.05, 4.69) is 5.16 Å². The van der Waals surface area contributed by atoms with Crippen molar-refractivity contribution < 1.29 is 13.3 Å². The Labute approximate surface area is 90.9 Å². The zero-order chi connectivity index (χ0) is 11.5. The molecule has 2 aromatic rings. The maximum Gasteiger partial charge on any atom is 0.138 e. The maximum absolute atomic E-state index is 13.0. The van der Waals surface area contributed by atoms with Gasteiger partial charge in [0.1, 0.15) is 23.1 Å². The summed E-state index contributed by atoms with van der Waals surface area (Å²) >= 11 is 0. The van der Waals surface area contributed by atoms with Gasteiger partial charge in [0.2, 0.25) is 0 Å². The Hall–Kier alpha value is -1.75. The van der Waals surface area contributed by atoms with Gasteiger partial charge < -0.3 is 10.3 Å². The summed E-state index contributed by atoms with van der Waals surface area (Å²) in [6, 6.07) is 4.84. The van der Waals surface area contributed by atoms with E-state index in [0.717, 1.165) is 6.07 Å². The molecule has 0 radical (unpaired) electrons. The largest absolute Gasteiger partial charge is 0.361 e. The van der Waals surface area contributed by atoms with Crippen molar-refractivity contribution in [2.24, 2.45) is 5.73 Å². The average molecular weight is 224 g/mol. The third-order valence-corrected chi connectivity index (χ3v) is 2.11. The number of benzene rings is 1. The van der Waals surface area contributed by atoms with Crippen LogP contribution in [-0.2, 0) is 6.42 Å². The fourth-order valence-electron chi connectivity index (χ4n) is 1.41. The van der Waals surface area contributed by atoms with E-state index < -0.39 is 11.6 Å². The second kappa shape index (κ2) is 4.40. The number of nitrogens with two attached hydrogens (primary N) is 1. The molecule has 0 unspecified atom stereocenters. The molecule has 16 heavy (non-hydrogen) atoms. The molecule has 0 saturated heterocycles. The molecule has 1 heterocycles. The second-order valence-electron chi connectivity index (χ2n) is 3.38. The van der Waals surface area contributed by atoms with E-state index in [4.69, 9.17) is 10.3 Å². The molecule has 0 aliphatic rings. The zero-order valence-corrected chi connectivity index (χ0v) is 8.41. The second-order valence-corrected chi connectivity index (χ2v) is 3.38. The van der Waals surface area contributed by atoms with Gasteiger partial charge in [0.05, 0.1) is 0 Å². The van der Waals surface area contributed by atoms with Crippen LogP contribution in [0.1, 0.15) is 5.76 Å². The summed E-state index contributed by atoms with van der Waals surface area (Å²) in [6.07, 6.45) is 0.546. The maximum atomic E-state index is 13.0. The molecule has 3 nitrogen and oxygen atoms in total. The van der Waals surface area contributed by atoms with Crippen LogP contribution in [-0.4, -0.2) is 11.7 Å². The number of rotatable bonds is 3. The minimum Gasteiger partial charge on any atom is -0.361 e. The molecule has 0 amide bonds. The first-order valence-corrected chi connectivity index (χ1v) is 4.81. The zero-order valence-electron chi connectivity index (χ0n) is 8.41. The number of hydrogen-bond acceptors (Lipinski definition) is 3. The van der Waals surface area contributed by atoms with Gasteiger partial charge in [0.15, 0.2) is 0 Å². The van der Waals surface area contributed by atoms with Gasteiger partial charge in [-0.3, -0.25) is 0 Å². The van der Waals surface area contributed by atoms with Crippen LogP contribution in [0, 0.1) is 11.6 Å². The predicted octanol–water partition coefficient (Wildman–Crippen LogP) is 2.12. The highest BCUT2D eigenvalue weighted by atomic mass is 19.1. The normalized spacial score (nSPS) is 10.7. The number of nitrogens with zero attached hydrogens (tertiary/aromatic N) is 1. The third kappa shape index (κ3) is 2.25. The van der Waals surface area contributed by atoms with Crippen LogP contribution < -0.4 is 5.73 Å². The summed E-state index contributed by atoms with van der Waals surface area (Å²) in [5.74, 6) is -0.682. The van der Waals surface area contributed by atoms with Crippen molar-refractivity contribution in [3.8, 4) is 11.3 Å². The first kappa shape index (κ1) is 10.8. The average Bonchev–Trinajstić information content (AvgIpc) is 2.65. The fraction of sp³-hybridized carbons (Fsp3) is 0.182. The van der Waals surface area contributed by atoms with Gasteiger partial charge in [0.25, 0.3) is 0 Å². The highest BCUT2D eigenvalue weighted by Crippen LogP contribution is 2.21. The van der Waals surface area contributed by atoms with Crippen molar-refractivity contribution in [1.29, 1.82) is 0 Å². The lowest BCUT2D eigenvalue weighted by atomic mass is 10.1. The molecule has 1 aromatic heterocycles. The van der Waals surface area contributed by atoms with Gasteiger partial charge in [-0.05, 0) is 18.7 Å². The number of halogens is 2. The number of hydrogen-bond donors (Lipinski definition) is 1. The van der Waals surface area contributed by atoms with E-state index in [-0.39, 0.29) is 0 Å². The smallest absolute Gasteiger partial charge is 0.138 e. The SMILES string of the molecule is NCCc1cc(-c2cc(F)cc(F)c2)no1. The Morgan fingerprint density at radius 2 is 1.81 bits per heavy atom. The van der Waals surface area contributed by atoms with Gasteiger partial charge in [-0.2, -0.15) is 0 Å². The fourth-order valence-corrected chi connectivity index (χ4v) is 1.41. The topological polar surface area (TPSA) is 52.0 Å². The van der Waals surface area contributed by atoms with Crippen LogP contribution in [0.5, 0.6) is 0 Å². The summed E-state index contributed by atoms with van der Waals surface area (Å²) in [5, 5.41) is 3.72. The van der Waals surface area contributed by atoms with Crippen molar-refractivity contribution in [3.63, 3.8) is 0 Å². The van der Waals surface area contributed by atoms with Crippen LogP contribution in [0.2, 0.25) is 0 Å². The highest BCUT2D eigenvalue weighted by molar-refractivity contribution is 5.58. The summed E-state index contributed by atoms with van der Waals surface area (Å²) in [5.41, 5.74) is 6.10. The van der Waals surface area contributed by atoms with Gasteiger partial charge in [-0.1, -0.05) is 5.16 Å². The van der Waals surface area contributed by atoms with Crippen LogP contribution in [0.4, 0.5) is 8.78 Å². The van der Waals surface area contributed by atoms with E-state index in [1.807, 2.05) is 0 Å². The standard InChI is InChI=1S/C11H10F2N2O/c12-8-3-7(4-9(13)5-8)11-6-10(1-2-14)16-15-11/h3-6H,1-2,14H2. The van der Waals surface area contributed by atoms with Gasteiger partial charge in [-0.15, -0.1) is 0 Å². The molecule has 0 fully saturated rings. The lowest BCUT2D eigenvalue weighted by Crippen LogP contribution is -2.01. The molecule has 0 bridgehead atoms. The van der Waals surface area contributed by atoms with Crippen molar-refractivity contribution in [2.75, 3.05) is 6.54 Å². The monoisotopic (exact) mass is 224 g/mol. The van der Waals surface area contributed by atoms with Gasteiger partial charge in [-0.25, -0.2) is 8.78 Å². The summed E-state index contributed by atoms with van der Waals surface area (Å²) < 4.78 is 30.9. The Kier molecular flexibility index (Phi) is 2.96. The van der Waals surface area contributed by atoms with E-state index in [1.54, 1.807) is 6.07 Å². The molecular formula is C11H10F2N2O. The van der Waals surface area contributed by atoms with Crippen LogP contribution in [0.15, 0.2) is 28.8 Å². The molecule has 0 spiro atoms. The molecule has 1 aromatic carbocycles. The lowest BCUT2D eigenvalue weighted by Gasteiger charge is -1.96. The van der Waals surface area contributed by atoms with E-state index in [0.29, 0.717) is 30.0 Å². The van der Waals surface area contributed by atoms with E-state index in [9.17, 15) is 8.78 Å². The third-order valence-electron chi connectivity index (χ3n) is 2.11. The minimum atomic E-state index is -0.640. The summed E-state index contributed by atoms with van der Waals surface area (Å²) in [4.78, 5) is 0. The summed E-state index contributed by atoms with van der Waals surface area (Å²) in [6.45, 7) is 0.437. The van der Waals surface area contributed by atoms with Crippen LogP contribution >= 0.6 is 0 Å². The molecule has 2 N–H and O–H groups in total. The highest BCUT2D eigenvalue weighted by Gasteiger charge is 2.08. The number of aromatic nitrogens is 1. The van der Waals surface area contributed by atoms with Gasteiger partial charge >= 0.3 is 0 Å². The van der Waals surface area contributed by atoms with E-state index >= 15 is 0 Å².